The van der Waals surface area contributed by atoms with Crippen molar-refractivity contribution < 1.29 is 14.3 Å². The molecule has 3 amide bonds. The molecule has 3 heterocycles. The van der Waals surface area contributed by atoms with E-state index in [0.29, 0.717) is 49.5 Å². The summed E-state index contributed by atoms with van der Waals surface area (Å²) in [5.41, 5.74) is 3.85. The fourth-order valence-corrected chi connectivity index (χ4v) is 3.91. The van der Waals surface area contributed by atoms with Crippen LogP contribution in [-0.2, 0) is 13.7 Å². The second kappa shape index (κ2) is 9.61. The number of thiazole rings is 1. The number of carbonyl (C=O) groups excluding carboxylic acids is 2. The molecule has 1 fully saturated rings. The number of aryl methyl sites for hydroxylation is 1. The summed E-state index contributed by atoms with van der Waals surface area (Å²) in [4.78, 5) is 30.9. The smallest absolute Gasteiger partial charge is 0.321 e. The van der Waals surface area contributed by atoms with Gasteiger partial charge in [-0.05, 0) is 25.0 Å². The third kappa shape index (κ3) is 5.60. The van der Waals surface area contributed by atoms with Crippen LogP contribution >= 0.6 is 11.3 Å². The van der Waals surface area contributed by atoms with Crippen molar-refractivity contribution in [2.45, 2.75) is 25.5 Å². The van der Waals surface area contributed by atoms with Crippen LogP contribution in [-0.4, -0.2) is 50.7 Å². The number of hydrogen-bond donors (Lipinski definition) is 2. The monoisotopic (exact) mass is 440 g/mol. The van der Waals surface area contributed by atoms with E-state index in [1.54, 1.807) is 40.6 Å². The Morgan fingerprint density at radius 2 is 2.13 bits per heavy atom. The van der Waals surface area contributed by atoms with Gasteiger partial charge in [-0.3, -0.25) is 9.48 Å². The van der Waals surface area contributed by atoms with E-state index in [9.17, 15) is 9.59 Å². The molecule has 2 aromatic heterocycles. The van der Waals surface area contributed by atoms with Crippen LogP contribution in [0.2, 0.25) is 0 Å². The van der Waals surface area contributed by atoms with Gasteiger partial charge in [0.2, 0.25) is 0 Å². The molecule has 162 valence electrons. The number of nitrogens with zero attached hydrogens (tertiary/aromatic N) is 4. The number of ether oxygens (including phenoxy) is 1. The number of hydrogen-bond acceptors (Lipinski definition) is 6. The number of amides is 3. The summed E-state index contributed by atoms with van der Waals surface area (Å²) in [5, 5.41) is 11.9. The van der Waals surface area contributed by atoms with Crippen LogP contribution in [0.3, 0.4) is 0 Å². The summed E-state index contributed by atoms with van der Waals surface area (Å²) in [6, 6.07) is 7.19. The number of urea groups is 1. The van der Waals surface area contributed by atoms with Crippen molar-refractivity contribution in [3.05, 3.63) is 58.8 Å². The summed E-state index contributed by atoms with van der Waals surface area (Å²) in [5.74, 6) is 0.535. The Hall–Kier alpha value is -3.40. The molecule has 2 N–H and O–H groups in total. The highest BCUT2D eigenvalue weighted by molar-refractivity contribution is 7.07. The first-order chi connectivity index (χ1) is 15.1. The molecule has 1 saturated heterocycles. The zero-order valence-corrected chi connectivity index (χ0v) is 18.0. The first-order valence-corrected chi connectivity index (χ1v) is 11.0. The molecule has 3 aromatic rings. The van der Waals surface area contributed by atoms with Crippen LogP contribution in [0.5, 0.6) is 5.75 Å². The Kier molecular flexibility index (Phi) is 6.46. The normalized spacial score (nSPS) is 14.3. The maximum absolute atomic E-state index is 12.6. The average Bonchev–Trinajstić information content (AvgIpc) is 3.45. The minimum absolute atomic E-state index is 0.0409. The predicted octanol–water partition coefficient (Wildman–Crippen LogP) is 2.88. The Bertz CT molecular complexity index is 1030. The third-order valence-electron chi connectivity index (χ3n) is 5.04. The number of benzene rings is 1. The number of piperidine rings is 1. The summed E-state index contributed by atoms with van der Waals surface area (Å²) in [6.07, 6.45) is 4.64. The van der Waals surface area contributed by atoms with Gasteiger partial charge in [0.25, 0.3) is 5.91 Å². The van der Waals surface area contributed by atoms with Crippen molar-refractivity contribution in [1.29, 1.82) is 0 Å². The van der Waals surface area contributed by atoms with Gasteiger partial charge in [0.15, 0.2) is 0 Å². The molecule has 1 aromatic carbocycles. The minimum Gasteiger partial charge on any atom is -0.487 e. The topological polar surface area (TPSA) is 101 Å². The molecule has 1 aliphatic heterocycles. The molecule has 0 spiro atoms. The van der Waals surface area contributed by atoms with Gasteiger partial charge in [0.05, 0.1) is 23.0 Å². The fourth-order valence-electron chi connectivity index (χ4n) is 3.37. The van der Waals surface area contributed by atoms with Gasteiger partial charge in [-0.2, -0.15) is 5.10 Å². The van der Waals surface area contributed by atoms with Crippen LogP contribution in [0, 0.1) is 0 Å². The lowest BCUT2D eigenvalue weighted by Crippen LogP contribution is -2.47. The molecule has 0 bridgehead atoms. The molecule has 4 rings (SSSR count). The Morgan fingerprint density at radius 1 is 1.29 bits per heavy atom. The van der Waals surface area contributed by atoms with E-state index >= 15 is 0 Å². The lowest BCUT2D eigenvalue weighted by atomic mass is 10.0. The van der Waals surface area contributed by atoms with Crippen LogP contribution in [0.4, 0.5) is 10.5 Å². The van der Waals surface area contributed by atoms with Crippen LogP contribution in [0.25, 0.3) is 0 Å². The van der Waals surface area contributed by atoms with Gasteiger partial charge in [-0.25, -0.2) is 9.78 Å². The van der Waals surface area contributed by atoms with E-state index in [1.807, 2.05) is 23.6 Å². The maximum Gasteiger partial charge on any atom is 0.321 e. The highest BCUT2D eigenvalue weighted by atomic mass is 32.1. The first kappa shape index (κ1) is 20.9. The second-order valence-electron chi connectivity index (χ2n) is 7.36. The zero-order chi connectivity index (χ0) is 21.6. The van der Waals surface area contributed by atoms with Gasteiger partial charge < -0.3 is 20.3 Å². The summed E-state index contributed by atoms with van der Waals surface area (Å²) < 4.78 is 7.34. The van der Waals surface area contributed by atoms with E-state index < -0.39 is 0 Å². The fraction of sp³-hybridized carbons (Fsp3) is 0.333. The van der Waals surface area contributed by atoms with E-state index in [1.165, 1.54) is 11.3 Å². The molecule has 0 saturated carbocycles. The summed E-state index contributed by atoms with van der Waals surface area (Å²) in [6.45, 7) is 1.53. The standard InChI is InChI=1S/C21H24N6O3S/c1-26-11-15(10-23-26)20(28)24-16-5-7-27(8-6-16)21(29)25-17-3-2-4-19(9-17)30-12-18-13-31-14-22-18/h2-4,9-11,13-14,16H,5-8,12H2,1H3,(H,24,28)(H,25,29). The van der Waals surface area contributed by atoms with Gasteiger partial charge in [-0.1, -0.05) is 6.07 Å². The number of carbonyl (C=O) groups is 2. The average molecular weight is 441 g/mol. The van der Waals surface area contributed by atoms with Crippen molar-refractivity contribution >= 4 is 29.0 Å². The highest BCUT2D eigenvalue weighted by Crippen LogP contribution is 2.20. The van der Waals surface area contributed by atoms with E-state index in [0.717, 1.165) is 5.69 Å². The molecular weight excluding hydrogens is 416 g/mol. The number of aromatic nitrogens is 3. The molecule has 10 heteroatoms. The lowest BCUT2D eigenvalue weighted by Gasteiger charge is -2.32. The highest BCUT2D eigenvalue weighted by Gasteiger charge is 2.24. The Labute approximate surface area is 184 Å². The van der Waals surface area contributed by atoms with Gasteiger partial charge in [0, 0.05) is 49.5 Å². The van der Waals surface area contributed by atoms with E-state index in [2.05, 4.69) is 20.7 Å². The lowest BCUT2D eigenvalue weighted by molar-refractivity contribution is 0.0919. The SMILES string of the molecule is Cn1cc(C(=O)NC2CCN(C(=O)Nc3cccc(OCc4cscn4)c3)CC2)cn1. The van der Waals surface area contributed by atoms with Crippen LogP contribution in [0.15, 0.2) is 47.5 Å². The second-order valence-corrected chi connectivity index (χ2v) is 8.08. The van der Waals surface area contributed by atoms with Gasteiger partial charge in [0.1, 0.15) is 12.4 Å². The van der Waals surface area contributed by atoms with Crippen molar-refractivity contribution in [2.24, 2.45) is 7.05 Å². The van der Waals surface area contributed by atoms with Gasteiger partial charge >= 0.3 is 6.03 Å². The quantitative estimate of drug-likeness (QED) is 0.614. The maximum atomic E-state index is 12.6. The van der Waals surface area contributed by atoms with Crippen molar-refractivity contribution in [3.63, 3.8) is 0 Å². The van der Waals surface area contributed by atoms with Crippen molar-refractivity contribution in [1.82, 2.24) is 25.0 Å². The van der Waals surface area contributed by atoms with Crippen molar-refractivity contribution in [3.8, 4) is 5.75 Å². The predicted molar refractivity (Wildman–Crippen MR) is 117 cm³/mol. The molecule has 0 atom stereocenters. The molecule has 0 radical (unpaired) electrons. The molecule has 0 aliphatic carbocycles. The Balaban J connectivity index is 1.24. The first-order valence-electron chi connectivity index (χ1n) is 10.0. The molecule has 31 heavy (non-hydrogen) atoms. The van der Waals surface area contributed by atoms with Crippen LogP contribution in [0.1, 0.15) is 28.9 Å². The molecule has 1 aliphatic rings. The summed E-state index contributed by atoms with van der Waals surface area (Å²) >= 11 is 1.52. The number of nitrogens with one attached hydrogen (secondary N) is 2. The molecular formula is C21H24N6O3S. The van der Waals surface area contributed by atoms with Crippen LogP contribution < -0.4 is 15.4 Å². The number of anilines is 1. The summed E-state index contributed by atoms with van der Waals surface area (Å²) in [7, 11) is 1.77. The number of likely N-dealkylation sites (tertiary alicyclic amines) is 1. The Morgan fingerprint density at radius 3 is 2.84 bits per heavy atom. The van der Waals surface area contributed by atoms with E-state index in [4.69, 9.17) is 4.74 Å². The molecule has 9 nitrogen and oxygen atoms in total. The number of rotatable bonds is 6. The van der Waals surface area contributed by atoms with Crippen molar-refractivity contribution in [2.75, 3.05) is 18.4 Å². The molecule has 0 unspecified atom stereocenters. The van der Waals surface area contributed by atoms with E-state index in [-0.39, 0.29) is 18.0 Å². The minimum atomic E-state index is -0.159. The third-order valence-corrected chi connectivity index (χ3v) is 5.68. The zero-order valence-electron chi connectivity index (χ0n) is 17.2. The van der Waals surface area contributed by atoms with Gasteiger partial charge in [-0.15, -0.1) is 11.3 Å². The largest absolute Gasteiger partial charge is 0.487 e.